The van der Waals surface area contributed by atoms with Gasteiger partial charge in [0, 0.05) is 9.13 Å². The van der Waals surface area contributed by atoms with E-state index in [4.69, 9.17) is 0 Å². The predicted octanol–water partition coefficient (Wildman–Crippen LogP) is 2.68. The van der Waals surface area contributed by atoms with E-state index in [1.54, 1.807) is 25.1 Å². The van der Waals surface area contributed by atoms with Gasteiger partial charge in [-0.2, -0.15) is 0 Å². The Morgan fingerprint density at radius 1 is 1.17 bits per heavy atom. The summed E-state index contributed by atoms with van der Waals surface area (Å²) < 4.78 is 2.45. The molecule has 0 radical (unpaired) electrons. The number of ketones is 1. The number of aryl methyl sites for hydroxylation is 1. The van der Waals surface area contributed by atoms with Gasteiger partial charge in [-0.15, -0.1) is 0 Å². The number of aromatic nitrogens is 2. The molecule has 0 unspecified atom stereocenters. The van der Waals surface area contributed by atoms with Crippen LogP contribution >= 0.6 is 22.6 Å². The first-order chi connectivity index (χ1) is 11.0. The molecule has 3 aromatic rings. The molecule has 0 atom stereocenters. The minimum atomic E-state index is -0.591. The van der Waals surface area contributed by atoms with E-state index in [2.05, 4.69) is 27.6 Å². The summed E-state index contributed by atoms with van der Waals surface area (Å²) in [6, 6.07) is 11.8. The predicted molar refractivity (Wildman–Crippen MR) is 95.2 cm³/mol. The lowest BCUT2D eigenvalue weighted by molar-refractivity contribution is -0.104. The van der Waals surface area contributed by atoms with Crippen molar-refractivity contribution in [3.63, 3.8) is 0 Å². The van der Waals surface area contributed by atoms with Crippen molar-refractivity contribution in [1.29, 1.82) is 0 Å². The molecular weight excluding hydrogens is 407 g/mol. The normalized spacial score (nSPS) is 10.7. The third-order valence-electron chi connectivity index (χ3n) is 3.52. The number of nitrogens with zero attached hydrogens (tertiary/aromatic N) is 2. The smallest absolute Gasteiger partial charge is 0.265 e. The minimum absolute atomic E-state index is 0.166. The summed E-state index contributed by atoms with van der Waals surface area (Å²) in [5, 5.41) is 0.538. The lowest BCUT2D eigenvalue weighted by atomic mass is 10.1. The maximum Gasteiger partial charge on any atom is 0.265 e. The van der Waals surface area contributed by atoms with Crippen LogP contribution in [0.4, 0.5) is 0 Å². The fraction of sp³-hybridized carbons (Fsp3) is 0.0588. The zero-order valence-electron chi connectivity index (χ0n) is 12.1. The molecule has 2 aromatic carbocycles. The molecule has 3 rings (SSSR count). The highest BCUT2D eigenvalue weighted by molar-refractivity contribution is 14.1. The van der Waals surface area contributed by atoms with Crippen molar-refractivity contribution < 1.29 is 9.59 Å². The molecule has 0 saturated heterocycles. The quantitative estimate of drug-likeness (QED) is 0.284. The molecule has 0 aliphatic heterocycles. The van der Waals surface area contributed by atoms with E-state index in [-0.39, 0.29) is 17.4 Å². The van der Waals surface area contributed by atoms with Gasteiger partial charge in [0.2, 0.25) is 5.78 Å². The van der Waals surface area contributed by atoms with Crippen molar-refractivity contribution >= 4 is 45.6 Å². The van der Waals surface area contributed by atoms with Crippen LogP contribution in [0.15, 0.2) is 47.3 Å². The molecule has 0 spiro atoms. The van der Waals surface area contributed by atoms with Crippen LogP contribution in [0.3, 0.4) is 0 Å². The second kappa shape index (κ2) is 6.04. The Balaban J connectivity index is 2.21. The monoisotopic (exact) mass is 418 g/mol. The van der Waals surface area contributed by atoms with E-state index in [0.29, 0.717) is 22.4 Å². The molecule has 0 saturated carbocycles. The average molecular weight is 418 g/mol. The number of carbonyl (C=O) groups excluding carboxylic acids is 2. The maximum absolute atomic E-state index is 12.8. The number of aldehydes is 1. The van der Waals surface area contributed by atoms with Gasteiger partial charge in [0.25, 0.3) is 5.56 Å². The highest BCUT2D eigenvalue weighted by atomic mass is 127. The van der Waals surface area contributed by atoms with E-state index >= 15 is 0 Å². The lowest BCUT2D eigenvalue weighted by Gasteiger charge is -2.11. The van der Waals surface area contributed by atoms with Gasteiger partial charge in [0.15, 0.2) is 6.29 Å². The molecule has 0 bridgehead atoms. The van der Waals surface area contributed by atoms with Crippen molar-refractivity contribution in [2.75, 3.05) is 0 Å². The van der Waals surface area contributed by atoms with Gasteiger partial charge in [0.05, 0.1) is 16.6 Å². The van der Waals surface area contributed by atoms with E-state index in [1.165, 1.54) is 16.7 Å². The van der Waals surface area contributed by atoms with Crippen LogP contribution in [0.5, 0.6) is 0 Å². The molecule has 23 heavy (non-hydrogen) atoms. The Hall–Kier alpha value is -2.35. The van der Waals surface area contributed by atoms with Crippen LogP contribution in [0.1, 0.15) is 16.2 Å². The van der Waals surface area contributed by atoms with Gasteiger partial charge < -0.3 is 0 Å². The van der Waals surface area contributed by atoms with E-state index in [1.807, 2.05) is 12.1 Å². The molecule has 0 fully saturated rings. The van der Waals surface area contributed by atoms with Crippen LogP contribution in [0.25, 0.3) is 16.6 Å². The first kappa shape index (κ1) is 15.5. The molecule has 6 heteroatoms. The number of hydrogen-bond acceptors (Lipinski definition) is 4. The summed E-state index contributed by atoms with van der Waals surface area (Å²) in [4.78, 5) is 39.1. The van der Waals surface area contributed by atoms with Crippen molar-refractivity contribution in [3.8, 4) is 5.69 Å². The Labute approximate surface area is 145 Å². The first-order valence-corrected chi connectivity index (χ1v) is 7.88. The number of carbonyl (C=O) groups is 2. The second-order valence-electron chi connectivity index (χ2n) is 4.99. The molecule has 0 N–H and O–H groups in total. The zero-order chi connectivity index (χ0) is 16.6. The summed E-state index contributed by atoms with van der Waals surface area (Å²) in [7, 11) is 0. The number of hydrogen-bond donors (Lipinski definition) is 0. The van der Waals surface area contributed by atoms with E-state index in [9.17, 15) is 14.4 Å². The minimum Gasteiger partial charge on any atom is -0.294 e. The topological polar surface area (TPSA) is 69.0 Å². The van der Waals surface area contributed by atoms with Crippen molar-refractivity contribution in [2.45, 2.75) is 6.92 Å². The van der Waals surface area contributed by atoms with Gasteiger partial charge in [-0.3, -0.25) is 19.0 Å². The highest BCUT2D eigenvalue weighted by Crippen LogP contribution is 2.16. The van der Waals surface area contributed by atoms with E-state index in [0.717, 1.165) is 3.57 Å². The summed E-state index contributed by atoms with van der Waals surface area (Å²) >= 11 is 2.15. The van der Waals surface area contributed by atoms with Crippen LogP contribution < -0.4 is 5.56 Å². The SMILES string of the molecule is Cc1nc2ccc(I)cc2c(=O)n1-c1ccc(C(=O)C=O)cc1. The van der Waals surface area contributed by atoms with Gasteiger partial charge in [-0.05, 0) is 72.0 Å². The molecule has 0 aliphatic rings. The van der Waals surface area contributed by atoms with E-state index < -0.39 is 5.78 Å². The summed E-state index contributed by atoms with van der Waals surface area (Å²) in [6.45, 7) is 1.75. The largest absolute Gasteiger partial charge is 0.294 e. The molecule has 0 amide bonds. The van der Waals surface area contributed by atoms with Crippen LogP contribution in [-0.2, 0) is 4.79 Å². The third kappa shape index (κ3) is 2.81. The summed E-state index contributed by atoms with van der Waals surface area (Å²) in [6.07, 6.45) is 0.270. The van der Waals surface area contributed by atoms with Crippen molar-refractivity contribution in [1.82, 2.24) is 9.55 Å². The molecule has 5 nitrogen and oxygen atoms in total. The zero-order valence-corrected chi connectivity index (χ0v) is 14.3. The fourth-order valence-electron chi connectivity index (χ4n) is 2.42. The third-order valence-corrected chi connectivity index (χ3v) is 4.19. The number of rotatable bonds is 3. The molecular formula is C17H11IN2O3. The Morgan fingerprint density at radius 2 is 1.87 bits per heavy atom. The second-order valence-corrected chi connectivity index (χ2v) is 6.24. The van der Waals surface area contributed by atoms with Crippen molar-refractivity contribution in [2.24, 2.45) is 0 Å². The molecule has 114 valence electrons. The first-order valence-electron chi connectivity index (χ1n) is 6.80. The molecule has 1 aromatic heterocycles. The van der Waals surface area contributed by atoms with Crippen LogP contribution in [0.2, 0.25) is 0 Å². The highest BCUT2D eigenvalue weighted by Gasteiger charge is 2.11. The lowest BCUT2D eigenvalue weighted by Crippen LogP contribution is -2.22. The van der Waals surface area contributed by atoms with Crippen molar-refractivity contribution in [3.05, 3.63) is 67.8 Å². The Morgan fingerprint density at radius 3 is 2.52 bits per heavy atom. The standard InChI is InChI=1S/C17H11IN2O3/c1-10-19-15-7-4-12(18)8-14(15)17(23)20(10)13-5-2-11(3-6-13)16(22)9-21/h2-9H,1H3. The number of fused-ring (bicyclic) bond motifs is 1. The fourth-order valence-corrected chi connectivity index (χ4v) is 2.91. The molecule has 1 heterocycles. The van der Waals surface area contributed by atoms with Gasteiger partial charge >= 0.3 is 0 Å². The summed E-state index contributed by atoms with van der Waals surface area (Å²) in [5.74, 6) is -0.0371. The number of Topliss-reactive ketones (excluding diaryl/α,β-unsaturated/α-hetero) is 1. The maximum atomic E-state index is 12.8. The summed E-state index contributed by atoms with van der Waals surface area (Å²) in [5.41, 5.74) is 1.37. The van der Waals surface area contributed by atoms with Crippen LogP contribution in [0, 0.1) is 10.5 Å². The van der Waals surface area contributed by atoms with Crippen LogP contribution in [-0.4, -0.2) is 21.6 Å². The molecule has 0 aliphatic carbocycles. The Kier molecular flexibility index (Phi) is 4.08. The number of halogens is 1. The number of benzene rings is 2. The Bertz CT molecular complexity index is 991. The van der Waals surface area contributed by atoms with Gasteiger partial charge in [-0.25, -0.2) is 4.98 Å². The average Bonchev–Trinajstić information content (AvgIpc) is 2.55. The van der Waals surface area contributed by atoms with Gasteiger partial charge in [0.1, 0.15) is 5.82 Å². The van der Waals surface area contributed by atoms with Gasteiger partial charge in [-0.1, -0.05) is 0 Å².